The third-order valence-corrected chi connectivity index (χ3v) is 13.2. The van der Waals surface area contributed by atoms with Gasteiger partial charge in [0, 0.05) is 37.5 Å². The molecule has 0 atom stereocenters. The van der Waals surface area contributed by atoms with Crippen LogP contribution in [0.15, 0.2) is 176 Å². The molecule has 0 N–H and O–H groups in total. The molecular weight excluding hydrogens is 685 g/mol. The summed E-state index contributed by atoms with van der Waals surface area (Å²) in [6.07, 6.45) is 6.50. The van der Waals surface area contributed by atoms with Crippen molar-refractivity contribution in [3.8, 4) is 16.8 Å². The number of para-hydroxylation sites is 4. The number of thiophene rings is 1. The molecular formula is C52H40N2S. The Morgan fingerprint density at radius 3 is 1.98 bits per heavy atom. The van der Waals surface area contributed by atoms with Crippen molar-refractivity contribution in [2.24, 2.45) is 0 Å². The largest absolute Gasteiger partial charge is 0.307 e. The summed E-state index contributed by atoms with van der Waals surface area (Å²) < 4.78 is 5.07. The van der Waals surface area contributed by atoms with Crippen LogP contribution in [0.25, 0.3) is 69.6 Å². The number of nitrogens with zero attached hydrogens (tertiary/aromatic N) is 2. The van der Waals surface area contributed by atoms with Gasteiger partial charge in [-0.25, -0.2) is 0 Å². The topological polar surface area (TPSA) is 8.17 Å². The molecule has 0 amide bonds. The first-order valence-electron chi connectivity index (χ1n) is 19.7. The minimum Gasteiger partial charge on any atom is -0.307 e. The predicted octanol–water partition coefficient (Wildman–Crippen LogP) is 15.5. The zero-order valence-corrected chi connectivity index (χ0v) is 31.5. The first kappa shape index (κ1) is 32.3. The van der Waals surface area contributed by atoms with Crippen molar-refractivity contribution in [1.29, 1.82) is 0 Å². The van der Waals surface area contributed by atoms with Crippen LogP contribution in [0.1, 0.15) is 43.6 Å². The molecule has 264 valence electrons. The van der Waals surface area contributed by atoms with Gasteiger partial charge in [-0.3, -0.25) is 0 Å². The highest BCUT2D eigenvalue weighted by atomic mass is 32.1. The molecule has 1 aliphatic rings. The third-order valence-electron chi connectivity index (χ3n) is 12.0. The van der Waals surface area contributed by atoms with Crippen molar-refractivity contribution in [2.75, 3.05) is 4.90 Å². The highest BCUT2D eigenvalue weighted by Crippen LogP contribution is 2.51. The number of rotatable bonds is 6. The number of fused-ring (bicyclic) bond motifs is 7. The predicted molar refractivity (Wildman–Crippen MR) is 237 cm³/mol. The maximum absolute atomic E-state index is 2.58. The van der Waals surface area contributed by atoms with Crippen LogP contribution in [-0.4, -0.2) is 4.57 Å². The Hall–Kier alpha value is -6.16. The fourth-order valence-electron chi connectivity index (χ4n) is 9.57. The molecule has 8 aromatic carbocycles. The van der Waals surface area contributed by atoms with E-state index in [-0.39, 0.29) is 0 Å². The molecule has 55 heavy (non-hydrogen) atoms. The van der Waals surface area contributed by atoms with E-state index in [1.165, 1.54) is 113 Å². The van der Waals surface area contributed by atoms with Crippen molar-refractivity contribution in [3.05, 3.63) is 181 Å². The van der Waals surface area contributed by atoms with Gasteiger partial charge in [0.2, 0.25) is 0 Å². The third kappa shape index (κ3) is 5.21. The van der Waals surface area contributed by atoms with Crippen LogP contribution in [0.4, 0.5) is 17.1 Å². The van der Waals surface area contributed by atoms with E-state index in [1.807, 2.05) is 11.3 Å². The second-order valence-electron chi connectivity index (χ2n) is 15.1. The average molecular weight is 725 g/mol. The lowest BCUT2D eigenvalue weighted by atomic mass is 9.80. The number of hydrogen-bond acceptors (Lipinski definition) is 2. The zero-order valence-electron chi connectivity index (χ0n) is 30.7. The lowest BCUT2D eigenvalue weighted by molar-refractivity contribution is 0.445. The van der Waals surface area contributed by atoms with Crippen molar-refractivity contribution in [3.63, 3.8) is 0 Å². The number of anilines is 3. The van der Waals surface area contributed by atoms with Crippen LogP contribution in [-0.2, 0) is 0 Å². The maximum Gasteiger partial charge on any atom is 0.0782 e. The molecule has 0 radical (unpaired) electrons. The van der Waals surface area contributed by atoms with E-state index in [0.29, 0.717) is 5.92 Å². The van der Waals surface area contributed by atoms with Crippen LogP contribution in [0.3, 0.4) is 0 Å². The summed E-state index contributed by atoms with van der Waals surface area (Å²) in [7, 11) is 0. The van der Waals surface area contributed by atoms with Crippen LogP contribution < -0.4 is 4.90 Å². The fourth-order valence-corrected chi connectivity index (χ4v) is 10.8. The molecule has 2 heterocycles. The summed E-state index contributed by atoms with van der Waals surface area (Å²) in [6.45, 7) is 0. The molecule has 10 aromatic rings. The van der Waals surface area contributed by atoms with Gasteiger partial charge in [0.1, 0.15) is 0 Å². The molecule has 0 bridgehead atoms. The maximum atomic E-state index is 2.58. The van der Waals surface area contributed by atoms with Gasteiger partial charge in [-0.15, -0.1) is 11.3 Å². The second-order valence-corrected chi connectivity index (χ2v) is 16.1. The van der Waals surface area contributed by atoms with Gasteiger partial charge in [0.15, 0.2) is 0 Å². The summed E-state index contributed by atoms with van der Waals surface area (Å²) in [5.74, 6) is 0.587. The Labute approximate surface area is 325 Å². The Balaban J connectivity index is 1.26. The van der Waals surface area contributed by atoms with E-state index >= 15 is 0 Å². The molecule has 0 unspecified atom stereocenters. The van der Waals surface area contributed by atoms with Crippen LogP contribution >= 0.6 is 11.3 Å². The Kier molecular flexibility index (Phi) is 7.81. The van der Waals surface area contributed by atoms with E-state index in [0.717, 1.165) is 11.4 Å². The van der Waals surface area contributed by atoms with E-state index in [2.05, 4.69) is 185 Å². The first-order chi connectivity index (χ1) is 27.3. The normalized spacial score (nSPS) is 13.7. The van der Waals surface area contributed by atoms with Gasteiger partial charge in [-0.2, -0.15) is 0 Å². The monoisotopic (exact) mass is 724 g/mol. The molecule has 0 aliphatic heterocycles. The van der Waals surface area contributed by atoms with E-state index < -0.39 is 0 Å². The smallest absolute Gasteiger partial charge is 0.0782 e. The van der Waals surface area contributed by atoms with Gasteiger partial charge in [-0.1, -0.05) is 153 Å². The van der Waals surface area contributed by atoms with Crippen molar-refractivity contribution in [1.82, 2.24) is 4.57 Å². The number of hydrogen-bond donors (Lipinski definition) is 0. The van der Waals surface area contributed by atoms with Crippen molar-refractivity contribution < 1.29 is 0 Å². The SMILES string of the molecule is c1ccc(-n2c3ccccc3c3cccc(N(c4ccccc4-c4cccc5cccc(C6CCCCC6)c45)c4cccc5c4sc4ccccc45)c32)cc1. The second kappa shape index (κ2) is 13.3. The standard InChI is InChI=1S/C52H40N2S/c1-3-17-35(18-4-1)38-26-13-19-36-20-14-27-42(50(36)38)39-23-7-11-31-46(39)54(48-33-16-29-44-41-25-9-12-34-49(41)55-52(44)48)47-32-15-28-43-40-24-8-10-30-45(40)53(51(43)47)37-21-5-2-6-22-37/h2,5-16,19-35H,1,3-4,17-18H2. The van der Waals surface area contributed by atoms with E-state index in [1.54, 1.807) is 0 Å². The van der Waals surface area contributed by atoms with Crippen LogP contribution in [0, 0.1) is 0 Å². The quantitative estimate of drug-likeness (QED) is 0.166. The van der Waals surface area contributed by atoms with Gasteiger partial charge in [0.05, 0.1) is 32.8 Å². The molecule has 2 nitrogen and oxygen atoms in total. The fraction of sp³-hybridized carbons (Fsp3) is 0.115. The summed E-state index contributed by atoms with van der Waals surface area (Å²) in [5, 5.41) is 7.82. The Morgan fingerprint density at radius 2 is 1.11 bits per heavy atom. The molecule has 11 rings (SSSR count). The lowest BCUT2D eigenvalue weighted by Crippen LogP contribution is -2.13. The van der Waals surface area contributed by atoms with E-state index in [9.17, 15) is 0 Å². The molecule has 2 aromatic heterocycles. The summed E-state index contributed by atoms with van der Waals surface area (Å²) in [5.41, 5.74) is 11.1. The number of aromatic nitrogens is 1. The van der Waals surface area contributed by atoms with Crippen LogP contribution in [0.5, 0.6) is 0 Å². The average Bonchev–Trinajstić information content (AvgIpc) is 3.81. The lowest BCUT2D eigenvalue weighted by Gasteiger charge is -2.30. The molecule has 1 fully saturated rings. The van der Waals surface area contributed by atoms with Gasteiger partial charge >= 0.3 is 0 Å². The summed E-state index contributed by atoms with van der Waals surface area (Å²) in [4.78, 5) is 2.58. The highest BCUT2D eigenvalue weighted by molar-refractivity contribution is 7.26. The van der Waals surface area contributed by atoms with Crippen LogP contribution in [0.2, 0.25) is 0 Å². The molecule has 0 spiro atoms. The van der Waals surface area contributed by atoms with Crippen molar-refractivity contribution in [2.45, 2.75) is 38.0 Å². The van der Waals surface area contributed by atoms with Gasteiger partial charge in [-0.05, 0) is 83.1 Å². The number of benzene rings is 8. The van der Waals surface area contributed by atoms with Crippen molar-refractivity contribution >= 4 is 81.1 Å². The molecule has 1 saturated carbocycles. The van der Waals surface area contributed by atoms with Gasteiger partial charge < -0.3 is 9.47 Å². The molecule has 3 heteroatoms. The zero-order chi connectivity index (χ0) is 36.3. The Bertz CT molecular complexity index is 3030. The minimum absolute atomic E-state index is 0.587. The summed E-state index contributed by atoms with van der Waals surface area (Å²) >= 11 is 1.89. The molecule has 1 aliphatic carbocycles. The summed E-state index contributed by atoms with van der Waals surface area (Å²) in [6, 6.07) is 65.4. The first-order valence-corrected chi connectivity index (χ1v) is 20.5. The van der Waals surface area contributed by atoms with E-state index in [4.69, 9.17) is 0 Å². The highest BCUT2D eigenvalue weighted by Gasteiger charge is 2.27. The minimum atomic E-state index is 0.587. The van der Waals surface area contributed by atoms with Gasteiger partial charge in [0.25, 0.3) is 0 Å². The Morgan fingerprint density at radius 1 is 0.473 bits per heavy atom. The molecule has 0 saturated heterocycles.